The Hall–Kier alpha value is -2.31. The van der Waals surface area contributed by atoms with E-state index in [4.69, 9.17) is 5.11 Å². The van der Waals surface area contributed by atoms with E-state index in [2.05, 4.69) is 15.4 Å². The predicted octanol–water partition coefficient (Wildman–Crippen LogP) is 0.564. The summed E-state index contributed by atoms with van der Waals surface area (Å²) in [6, 6.07) is 5.95. The van der Waals surface area contributed by atoms with E-state index in [0.29, 0.717) is 0 Å². The number of carboxylic acids is 1. The second-order valence-electron chi connectivity index (χ2n) is 3.02. The third kappa shape index (κ3) is 2.02. The number of aromatic nitrogens is 4. The van der Waals surface area contributed by atoms with Crippen LogP contribution in [0.25, 0.3) is 11.4 Å². The van der Waals surface area contributed by atoms with Crippen molar-refractivity contribution in [2.24, 2.45) is 0 Å². The zero-order chi connectivity index (χ0) is 11.5. The molecule has 0 atom stereocenters. The molecular formula is C9H7FN4O2. The van der Waals surface area contributed by atoms with Gasteiger partial charge in [-0.25, -0.2) is 4.39 Å². The molecule has 1 heterocycles. The van der Waals surface area contributed by atoms with Crippen molar-refractivity contribution in [3.8, 4) is 11.4 Å². The van der Waals surface area contributed by atoms with Gasteiger partial charge in [0, 0.05) is 0 Å². The zero-order valence-electron chi connectivity index (χ0n) is 8.04. The van der Waals surface area contributed by atoms with E-state index < -0.39 is 18.3 Å². The first-order valence-corrected chi connectivity index (χ1v) is 4.41. The molecule has 1 aromatic heterocycles. The predicted molar refractivity (Wildman–Crippen MR) is 50.8 cm³/mol. The number of aliphatic carboxylic acids is 1. The highest BCUT2D eigenvalue weighted by atomic mass is 19.1. The summed E-state index contributed by atoms with van der Waals surface area (Å²) in [5, 5.41) is 19.3. The summed E-state index contributed by atoms with van der Waals surface area (Å²) in [5.41, 5.74) is 0.194. The second-order valence-corrected chi connectivity index (χ2v) is 3.02. The lowest BCUT2D eigenvalue weighted by Crippen LogP contribution is -2.11. The third-order valence-electron chi connectivity index (χ3n) is 1.84. The molecule has 0 aliphatic heterocycles. The van der Waals surface area contributed by atoms with Crippen molar-refractivity contribution < 1.29 is 14.3 Å². The van der Waals surface area contributed by atoms with E-state index >= 15 is 0 Å². The Morgan fingerprint density at radius 2 is 2.19 bits per heavy atom. The van der Waals surface area contributed by atoms with Crippen LogP contribution in [0.3, 0.4) is 0 Å². The van der Waals surface area contributed by atoms with Crippen LogP contribution in [0.5, 0.6) is 0 Å². The van der Waals surface area contributed by atoms with Crippen LogP contribution in [0, 0.1) is 5.82 Å². The lowest BCUT2D eigenvalue weighted by molar-refractivity contribution is -0.138. The molecule has 0 aliphatic rings. The first kappa shape index (κ1) is 10.2. The number of halogens is 1. The molecule has 0 radical (unpaired) electrons. The van der Waals surface area contributed by atoms with Crippen molar-refractivity contribution in [3.05, 3.63) is 30.1 Å². The number of benzene rings is 1. The van der Waals surface area contributed by atoms with Gasteiger partial charge in [0.25, 0.3) is 0 Å². The van der Waals surface area contributed by atoms with Gasteiger partial charge in [0.2, 0.25) is 5.82 Å². The van der Waals surface area contributed by atoms with Crippen LogP contribution < -0.4 is 0 Å². The number of tetrazole rings is 1. The highest BCUT2D eigenvalue weighted by molar-refractivity contribution is 5.66. The summed E-state index contributed by atoms with van der Waals surface area (Å²) in [6.07, 6.45) is 0. The summed E-state index contributed by atoms with van der Waals surface area (Å²) in [7, 11) is 0. The van der Waals surface area contributed by atoms with Crippen LogP contribution in [0.1, 0.15) is 0 Å². The van der Waals surface area contributed by atoms with Gasteiger partial charge in [-0.2, -0.15) is 4.80 Å². The molecule has 0 amide bonds. The molecular weight excluding hydrogens is 215 g/mol. The molecule has 2 aromatic rings. The number of hydrogen-bond acceptors (Lipinski definition) is 4. The maximum Gasteiger partial charge on any atom is 0.327 e. The largest absolute Gasteiger partial charge is 0.480 e. The molecule has 16 heavy (non-hydrogen) atoms. The van der Waals surface area contributed by atoms with Crippen molar-refractivity contribution >= 4 is 5.97 Å². The molecule has 82 valence electrons. The summed E-state index contributed by atoms with van der Waals surface area (Å²) in [6.45, 7) is -0.401. The Morgan fingerprint density at radius 3 is 2.88 bits per heavy atom. The average Bonchev–Trinajstić information content (AvgIpc) is 2.66. The van der Waals surface area contributed by atoms with Crippen LogP contribution in [0.15, 0.2) is 24.3 Å². The van der Waals surface area contributed by atoms with Crippen molar-refractivity contribution in [2.75, 3.05) is 0 Å². The molecule has 0 aliphatic carbocycles. The minimum Gasteiger partial charge on any atom is -0.480 e. The molecule has 0 unspecified atom stereocenters. The number of rotatable bonds is 3. The number of carboxylic acid groups (broad SMARTS) is 1. The Labute approximate surface area is 89.3 Å². The van der Waals surface area contributed by atoms with Gasteiger partial charge < -0.3 is 5.11 Å². The van der Waals surface area contributed by atoms with Gasteiger partial charge in [-0.05, 0) is 17.3 Å². The Balaban J connectivity index is 2.32. The smallest absolute Gasteiger partial charge is 0.327 e. The van der Waals surface area contributed by atoms with Crippen LogP contribution in [0.4, 0.5) is 4.39 Å². The minimum absolute atomic E-state index is 0.0688. The van der Waals surface area contributed by atoms with Crippen LogP contribution in [-0.4, -0.2) is 31.3 Å². The van der Waals surface area contributed by atoms with Crippen LogP contribution >= 0.6 is 0 Å². The zero-order valence-corrected chi connectivity index (χ0v) is 8.04. The van der Waals surface area contributed by atoms with Gasteiger partial charge in [0.05, 0.1) is 5.56 Å². The summed E-state index contributed by atoms with van der Waals surface area (Å²) in [4.78, 5) is 11.3. The van der Waals surface area contributed by atoms with Crippen molar-refractivity contribution in [2.45, 2.75) is 6.54 Å². The Bertz CT molecular complexity index is 526. The summed E-state index contributed by atoms with van der Waals surface area (Å²) in [5.74, 6) is -1.49. The number of nitrogens with zero attached hydrogens (tertiary/aromatic N) is 4. The fourth-order valence-electron chi connectivity index (χ4n) is 1.18. The third-order valence-corrected chi connectivity index (χ3v) is 1.84. The highest BCUT2D eigenvalue weighted by Crippen LogP contribution is 2.16. The van der Waals surface area contributed by atoms with Crippen LogP contribution in [0.2, 0.25) is 0 Å². The van der Waals surface area contributed by atoms with E-state index in [1.807, 2.05) is 0 Å². The average molecular weight is 222 g/mol. The highest BCUT2D eigenvalue weighted by Gasteiger charge is 2.11. The summed E-state index contributed by atoms with van der Waals surface area (Å²) < 4.78 is 13.3. The van der Waals surface area contributed by atoms with E-state index in [0.717, 1.165) is 4.80 Å². The van der Waals surface area contributed by atoms with Crippen molar-refractivity contribution in [3.63, 3.8) is 0 Å². The topological polar surface area (TPSA) is 80.9 Å². The van der Waals surface area contributed by atoms with Gasteiger partial charge in [0.1, 0.15) is 5.82 Å². The van der Waals surface area contributed by atoms with Gasteiger partial charge >= 0.3 is 5.97 Å². The second kappa shape index (κ2) is 4.05. The monoisotopic (exact) mass is 222 g/mol. The van der Waals surface area contributed by atoms with E-state index in [-0.39, 0.29) is 11.4 Å². The maximum absolute atomic E-state index is 13.3. The Kier molecular flexibility index (Phi) is 2.59. The molecule has 1 aromatic carbocycles. The lowest BCUT2D eigenvalue weighted by atomic mass is 10.2. The molecule has 0 bridgehead atoms. The first-order chi connectivity index (χ1) is 7.66. The van der Waals surface area contributed by atoms with Crippen molar-refractivity contribution in [1.82, 2.24) is 20.2 Å². The van der Waals surface area contributed by atoms with Crippen LogP contribution in [-0.2, 0) is 11.3 Å². The minimum atomic E-state index is -1.09. The molecule has 0 spiro atoms. The molecule has 0 fully saturated rings. The SMILES string of the molecule is O=C(O)Cn1nnc(-c2ccccc2F)n1. The van der Waals surface area contributed by atoms with Gasteiger partial charge in [-0.15, -0.1) is 10.2 Å². The fourth-order valence-corrected chi connectivity index (χ4v) is 1.18. The van der Waals surface area contributed by atoms with E-state index in [9.17, 15) is 9.18 Å². The maximum atomic E-state index is 13.3. The van der Waals surface area contributed by atoms with E-state index in [1.165, 1.54) is 12.1 Å². The molecule has 1 N–H and O–H groups in total. The lowest BCUT2D eigenvalue weighted by Gasteiger charge is -1.95. The van der Waals surface area contributed by atoms with E-state index in [1.54, 1.807) is 12.1 Å². The van der Waals surface area contributed by atoms with Crippen molar-refractivity contribution in [1.29, 1.82) is 0 Å². The molecule has 0 saturated carbocycles. The normalized spacial score (nSPS) is 10.3. The quantitative estimate of drug-likeness (QED) is 0.820. The van der Waals surface area contributed by atoms with Gasteiger partial charge in [-0.3, -0.25) is 4.79 Å². The molecule has 0 saturated heterocycles. The molecule has 6 nitrogen and oxygen atoms in total. The summed E-state index contributed by atoms with van der Waals surface area (Å²) >= 11 is 0. The molecule has 7 heteroatoms. The van der Waals surface area contributed by atoms with Gasteiger partial charge in [-0.1, -0.05) is 12.1 Å². The standard InChI is InChI=1S/C9H7FN4O2/c10-7-4-2-1-3-6(7)9-11-13-14(12-9)5-8(15)16/h1-4H,5H2,(H,15,16). The fraction of sp³-hybridized carbons (Fsp3) is 0.111. The number of carbonyl (C=O) groups is 1. The Morgan fingerprint density at radius 1 is 1.44 bits per heavy atom. The van der Waals surface area contributed by atoms with Gasteiger partial charge in [0.15, 0.2) is 6.54 Å². The molecule has 2 rings (SSSR count). The first-order valence-electron chi connectivity index (χ1n) is 4.41. The number of hydrogen-bond donors (Lipinski definition) is 1.